The predicted molar refractivity (Wildman–Crippen MR) is 112 cm³/mol. The molecular weight excluding hydrogens is 401 g/mol. The highest BCUT2D eigenvalue weighted by molar-refractivity contribution is 14.0. The number of hydrogen-bond acceptors (Lipinski definition) is 3. The Labute approximate surface area is 160 Å². The number of rotatable bonds is 9. The van der Waals surface area contributed by atoms with Crippen molar-refractivity contribution < 1.29 is 0 Å². The lowest BCUT2D eigenvalue weighted by Crippen LogP contribution is -2.48. The van der Waals surface area contributed by atoms with Gasteiger partial charge in [-0.3, -0.25) is 9.89 Å². The smallest absolute Gasteiger partial charge is 0.191 e. The Balaban J connectivity index is 0.00000484. The molecule has 138 valence electrons. The molecule has 0 aromatic carbocycles. The average Bonchev–Trinajstić information content (AvgIpc) is 3.24. The third-order valence-corrected chi connectivity index (χ3v) is 4.52. The molecule has 0 bridgehead atoms. The summed E-state index contributed by atoms with van der Waals surface area (Å²) < 4.78 is 0. The minimum Gasteiger partial charge on any atom is -0.355 e. The number of hydrogen-bond donors (Lipinski definition) is 2. The summed E-state index contributed by atoms with van der Waals surface area (Å²) in [5.74, 6) is 1.78. The van der Waals surface area contributed by atoms with Crippen LogP contribution in [0.4, 0.5) is 0 Å². The second-order valence-electron chi connectivity index (χ2n) is 7.17. The molecule has 0 aromatic heterocycles. The average molecular weight is 439 g/mol. The Morgan fingerprint density at radius 2 is 1.65 bits per heavy atom. The van der Waals surface area contributed by atoms with Crippen molar-refractivity contribution in [2.45, 2.75) is 58.7 Å². The van der Waals surface area contributed by atoms with Gasteiger partial charge < -0.3 is 15.5 Å². The molecule has 0 amide bonds. The first kappa shape index (κ1) is 22.9. The van der Waals surface area contributed by atoms with Crippen LogP contribution in [0, 0.1) is 5.92 Å². The summed E-state index contributed by atoms with van der Waals surface area (Å²) in [5.41, 5.74) is 0. The van der Waals surface area contributed by atoms with Crippen LogP contribution in [-0.4, -0.2) is 74.7 Å². The largest absolute Gasteiger partial charge is 0.355 e. The van der Waals surface area contributed by atoms with E-state index in [0.717, 1.165) is 31.5 Å². The van der Waals surface area contributed by atoms with Gasteiger partial charge in [-0.25, -0.2) is 0 Å². The van der Waals surface area contributed by atoms with Crippen LogP contribution in [0.3, 0.4) is 0 Å². The monoisotopic (exact) mass is 439 g/mol. The molecule has 0 heterocycles. The van der Waals surface area contributed by atoms with Crippen LogP contribution < -0.4 is 10.6 Å². The molecule has 1 aliphatic rings. The van der Waals surface area contributed by atoms with E-state index in [1.165, 1.54) is 12.8 Å². The minimum absolute atomic E-state index is 0. The summed E-state index contributed by atoms with van der Waals surface area (Å²) in [7, 11) is 6.19. The lowest BCUT2D eigenvalue weighted by molar-refractivity contribution is 0.178. The Bertz CT molecular complexity index is 330. The molecule has 2 N–H and O–H groups in total. The highest BCUT2D eigenvalue weighted by Crippen LogP contribution is 2.34. The number of guanidine groups is 1. The predicted octanol–water partition coefficient (Wildman–Crippen LogP) is 2.23. The van der Waals surface area contributed by atoms with E-state index in [0.29, 0.717) is 18.1 Å². The van der Waals surface area contributed by atoms with Crippen molar-refractivity contribution in [1.29, 1.82) is 0 Å². The fourth-order valence-corrected chi connectivity index (χ4v) is 3.09. The number of aliphatic imine (C=N–C) groups is 1. The first-order chi connectivity index (χ1) is 10.4. The molecule has 0 radical (unpaired) electrons. The van der Waals surface area contributed by atoms with Crippen LogP contribution in [0.2, 0.25) is 0 Å². The first-order valence-electron chi connectivity index (χ1n) is 8.73. The lowest BCUT2D eigenvalue weighted by Gasteiger charge is -2.31. The second kappa shape index (κ2) is 11.5. The molecule has 1 fully saturated rings. The van der Waals surface area contributed by atoms with Gasteiger partial charge in [0, 0.05) is 44.8 Å². The molecule has 1 rings (SSSR count). The quantitative estimate of drug-likeness (QED) is 0.329. The fraction of sp³-hybridized carbons (Fsp3) is 0.941. The van der Waals surface area contributed by atoms with Crippen molar-refractivity contribution >= 4 is 29.9 Å². The van der Waals surface area contributed by atoms with Crippen LogP contribution in [0.15, 0.2) is 4.99 Å². The van der Waals surface area contributed by atoms with E-state index < -0.39 is 0 Å². The summed E-state index contributed by atoms with van der Waals surface area (Å²) in [4.78, 5) is 9.17. The van der Waals surface area contributed by atoms with E-state index in [2.05, 4.69) is 67.2 Å². The standard InChI is InChI=1S/C17H37N5.HI/c1-13(2)22(14(3)4)11-10-19-17(18-5)20-12-16(21(6)7)15-8-9-15;/h13-16H,8-12H2,1-7H3,(H2,18,19,20);1H. The summed E-state index contributed by atoms with van der Waals surface area (Å²) in [6, 6.07) is 1.76. The second-order valence-corrected chi connectivity index (χ2v) is 7.17. The van der Waals surface area contributed by atoms with Crippen LogP contribution in [0.1, 0.15) is 40.5 Å². The molecule has 0 spiro atoms. The van der Waals surface area contributed by atoms with Crippen LogP contribution >= 0.6 is 24.0 Å². The highest BCUT2D eigenvalue weighted by atomic mass is 127. The summed E-state index contributed by atoms with van der Waals surface area (Å²) in [6.07, 6.45) is 2.74. The summed E-state index contributed by atoms with van der Waals surface area (Å²) >= 11 is 0. The highest BCUT2D eigenvalue weighted by Gasteiger charge is 2.32. The SMILES string of the molecule is CN=C(NCCN(C(C)C)C(C)C)NCC(C1CC1)N(C)C.I. The normalized spacial score (nSPS) is 16.9. The molecule has 6 heteroatoms. The van der Waals surface area contributed by atoms with Crippen LogP contribution in [0.5, 0.6) is 0 Å². The third-order valence-electron chi connectivity index (χ3n) is 4.52. The Hall–Kier alpha value is -0.0800. The number of nitrogens with one attached hydrogen (secondary N) is 2. The van der Waals surface area contributed by atoms with Crippen molar-refractivity contribution in [3.63, 3.8) is 0 Å². The van der Waals surface area contributed by atoms with Gasteiger partial charge in [0.05, 0.1) is 0 Å². The van der Waals surface area contributed by atoms with E-state index >= 15 is 0 Å². The Morgan fingerprint density at radius 3 is 2.04 bits per heavy atom. The van der Waals surface area contributed by atoms with Gasteiger partial charge in [-0.1, -0.05) is 0 Å². The maximum Gasteiger partial charge on any atom is 0.191 e. The van der Waals surface area contributed by atoms with E-state index in [-0.39, 0.29) is 24.0 Å². The zero-order valence-electron chi connectivity index (χ0n) is 16.1. The fourth-order valence-electron chi connectivity index (χ4n) is 3.09. The van der Waals surface area contributed by atoms with Crippen molar-refractivity contribution in [3.05, 3.63) is 0 Å². The van der Waals surface area contributed by atoms with E-state index in [9.17, 15) is 0 Å². The molecule has 1 aliphatic carbocycles. The minimum atomic E-state index is 0. The molecule has 0 aromatic rings. The zero-order valence-corrected chi connectivity index (χ0v) is 18.4. The van der Waals surface area contributed by atoms with E-state index in [4.69, 9.17) is 0 Å². The summed E-state index contributed by atoms with van der Waals surface area (Å²) in [5, 5.41) is 6.93. The molecule has 0 saturated heterocycles. The Morgan fingerprint density at radius 1 is 1.09 bits per heavy atom. The molecule has 1 unspecified atom stereocenters. The van der Waals surface area contributed by atoms with Gasteiger partial charge >= 0.3 is 0 Å². The number of likely N-dealkylation sites (N-methyl/N-ethyl adjacent to an activating group) is 1. The molecular formula is C17H38IN5. The van der Waals surface area contributed by atoms with E-state index in [1.807, 2.05) is 7.05 Å². The maximum atomic E-state index is 4.34. The number of halogens is 1. The lowest BCUT2D eigenvalue weighted by atomic mass is 10.1. The van der Waals surface area contributed by atoms with Gasteiger partial charge in [0.2, 0.25) is 0 Å². The molecule has 23 heavy (non-hydrogen) atoms. The van der Waals surface area contributed by atoms with Gasteiger partial charge in [-0.15, -0.1) is 24.0 Å². The molecule has 0 aliphatic heterocycles. The molecule has 5 nitrogen and oxygen atoms in total. The first-order valence-corrected chi connectivity index (χ1v) is 8.73. The van der Waals surface area contributed by atoms with Crippen molar-refractivity contribution in [2.24, 2.45) is 10.9 Å². The van der Waals surface area contributed by atoms with Gasteiger partial charge in [-0.05, 0) is 60.5 Å². The van der Waals surface area contributed by atoms with Gasteiger partial charge in [-0.2, -0.15) is 0 Å². The summed E-state index contributed by atoms with van der Waals surface area (Å²) in [6.45, 7) is 11.9. The van der Waals surface area contributed by atoms with Gasteiger partial charge in [0.25, 0.3) is 0 Å². The van der Waals surface area contributed by atoms with Gasteiger partial charge in [0.1, 0.15) is 0 Å². The van der Waals surface area contributed by atoms with Crippen molar-refractivity contribution in [2.75, 3.05) is 40.8 Å². The number of nitrogens with zero attached hydrogens (tertiary/aromatic N) is 3. The Kier molecular flexibility index (Phi) is 11.4. The molecule has 1 saturated carbocycles. The zero-order chi connectivity index (χ0) is 16.7. The van der Waals surface area contributed by atoms with Crippen LogP contribution in [0.25, 0.3) is 0 Å². The third kappa shape index (κ3) is 8.54. The topological polar surface area (TPSA) is 42.9 Å². The van der Waals surface area contributed by atoms with Gasteiger partial charge in [0.15, 0.2) is 5.96 Å². The van der Waals surface area contributed by atoms with Crippen molar-refractivity contribution in [1.82, 2.24) is 20.4 Å². The molecule has 1 atom stereocenters. The van der Waals surface area contributed by atoms with E-state index in [1.54, 1.807) is 0 Å². The van der Waals surface area contributed by atoms with Crippen molar-refractivity contribution in [3.8, 4) is 0 Å². The van der Waals surface area contributed by atoms with Crippen LogP contribution in [-0.2, 0) is 0 Å². The maximum absolute atomic E-state index is 4.34.